The van der Waals surface area contributed by atoms with Gasteiger partial charge in [0.25, 0.3) is 5.91 Å². The number of hydrogen-bond donors (Lipinski definition) is 0. The summed E-state index contributed by atoms with van der Waals surface area (Å²) in [7, 11) is 0. The highest BCUT2D eigenvalue weighted by Gasteiger charge is 2.28. The topological polar surface area (TPSA) is 36.4 Å². The van der Waals surface area contributed by atoms with Crippen LogP contribution < -0.4 is 0 Å². The number of pyridine rings is 1. The molecule has 2 aliphatic rings. The van der Waals surface area contributed by atoms with Gasteiger partial charge in [0.05, 0.1) is 0 Å². The zero-order valence-corrected chi connectivity index (χ0v) is 13.9. The van der Waals surface area contributed by atoms with E-state index < -0.39 is 0 Å². The van der Waals surface area contributed by atoms with E-state index in [1.165, 1.54) is 32.4 Å². The number of likely N-dealkylation sites (tertiary alicyclic amines) is 2. The third-order valence-electron chi connectivity index (χ3n) is 4.61. The van der Waals surface area contributed by atoms with Crippen molar-refractivity contribution in [3.05, 3.63) is 28.5 Å². The molecule has 3 heterocycles. The molecule has 0 saturated carbocycles. The van der Waals surface area contributed by atoms with Crippen LogP contribution in [0.1, 0.15) is 42.6 Å². The fourth-order valence-electron chi connectivity index (χ4n) is 3.38. The van der Waals surface area contributed by atoms with Crippen molar-refractivity contribution in [2.45, 2.75) is 38.1 Å². The van der Waals surface area contributed by atoms with Crippen LogP contribution in [0, 0.1) is 0 Å². The molecule has 2 aliphatic heterocycles. The lowest BCUT2D eigenvalue weighted by molar-refractivity contribution is 0.0585. The summed E-state index contributed by atoms with van der Waals surface area (Å²) in [5.74, 6) is 0.0691. The number of halogens is 1. The number of piperidine rings is 2. The Hall–Kier alpha value is -0.940. The highest BCUT2D eigenvalue weighted by molar-refractivity contribution is 9.10. The van der Waals surface area contributed by atoms with Crippen LogP contribution in [0.25, 0.3) is 0 Å². The van der Waals surface area contributed by atoms with Crippen LogP contribution in [0.4, 0.5) is 0 Å². The third-order valence-corrected chi connectivity index (χ3v) is 5.07. The number of rotatable bonds is 2. The summed E-state index contributed by atoms with van der Waals surface area (Å²) in [6, 6.07) is 4.34. The molecule has 3 rings (SSSR count). The Bertz CT molecular complexity index is 477. The van der Waals surface area contributed by atoms with Gasteiger partial charge in [-0.2, -0.15) is 0 Å². The number of nitrogens with zero attached hydrogens (tertiary/aromatic N) is 3. The van der Waals surface area contributed by atoms with Gasteiger partial charge in [-0.15, -0.1) is 0 Å². The van der Waals surface area contributed by atoms with Crippen molar-refractivity contribution < 1.29 is 4.79 Å². The van der Waals surface area contributed by atoms with Crippen molar-refractivity contribution in [3.8, 4) is 0 Å². The summed E-state index contributed by atoms with van der Waals surface area (Å²) in [4.78, 5) is 21.2. The number of aromatic nitrogens is 1. The first-order valence-corrected chi connectivity index (χ1v) is 8.68. The average molecular weight is 352 g/mol. The van der Waals surface area contributed by atoms with Gasteiger partial charge in [0.1, 0.15) is 5.69 Å². The maximum absolute atomic E-state index is 12.4. The molecule has 0 radical (unpaired) electrons. The van der Waals surface area contributed by atoms with Crippen LogP contribution >= 0.6 is 15.9 Å². The van der Waals surface area contributed by atoms with Gasteiger partial charge in [0, 0.05) is 29.8 Å². The van der Waals surface area contributed by atoms with Gasteiger partial charge in [0.15, 0.2) is 0 Å². The minimum atomic E-state index is 0.0691. The molecule has 2 fully saturated rings. The highest BCUT2D eigenvalue weighted by atomic mass is 79.9. The molecular formula is C16H22BrN3O. The minimum Gasteiger partial charge on any atom is -0.337 e. The van der Waals surface area contributed by atoms with Crippen molar-refractivity contribution >= 4 is 21.8 Å². The Labute approximate surface area is 134 Å². The Balaban J connectivity index is 1.55. The van der Waals surface area contributed by atoms with E-state index >= 15 is 0 Å². The second-order valence-electron chi connectivity index (χ2n) is 5.98. The van der Waals surface area contributed by atoms with Gasteiger partial charge in [-0.05, 0) is 66.8 Å². The van der Waals surface area contributed by atoms with Gasteiger partial charge in [-0.3, -0.25) is 4.79 Å². The normalized spacial score (nSPS) is 21.5. The number of carbonyl (C=O) groups is 1. The van der Waals surface area contributed by atoms with E-state index in [0.717, 1.165) is 30.4 Å². The van der Waals surface area contributed by atoms with E-state index in [1.807, 2.05) is 11.0 Å². The van der Waals surface area contributed by atoms with Crippen LogP contribution in [-0.4, -0.2) is 52.9 Å². The molecule has 2 saturated heterocycles. The Morgan fingerprint density at radius 1 is 1.10 bits per heavy atom. The van der Waals surface area contributed by atoms with Crippen LogP contribution in [0.2, 0.25) is 0 Å². The number of hydrogen-bond acceptors (Lipinski definition) is 3. The summed E-state index contributed by atoms with van der Waals surface area (Å²) in [6.07, 6.45) is 7.94. The smallest absolute Gasteiger partial charge is 0.272 e. The molecule has 0 N–H and O–H groups in total. The second-order valence-corrected chi connectivity index (χ2v) is 6.90. The van der Waals surface area contributed by atoms with Crippen molar-refractivity contribution in [3.63, 3.8) is 0 Å². The number of carbonyl (C=O) groups excluding carboxylic acids is 1. The summed E-state index contributed by atoms with van der Waals surface area (Å²) in [5, 5.41) is 0. The van der Waals surface area contributed by atoms with Crippen molar-refractivity contribution in [2.75, 3.05) is 26.2 Å². The molecule has 0 aromatic carbocycles. The summed E-state index contributed by atoms with van der Waals surface area (Å²) in [5.41, 5.74) is 0.551. The van der Waals surface area contributed by atoms with Crippen molar-refractivity contribution in [1.29, 1.82) is 0 Å². The number of amides is 1. The molecule has 114 valence electrons. The third kappa shape index (κ3) is 3.64. The lowest BCUT2D eigenvalue weighted by Crippen LogP contribution is -2.48. The first kappa shape index (κ1) is 15.0. The first-order valence-electron chi connectivity index (χ1n) is 7.89. The zero-order valence-electron chi connectivity index (χ0n) is 12.3. The van der Waals surface area contributed by atoms with Crippen molar-refractivity contribution in [2.24, 2.45) is 0 Å². The molecule has 0 unspecified atom stereocenters. The molecule has 1 aromatic rings. The van der Waals surface area contributed by atoms with Crippen LogP contribution in [0.3, 0.4) is 0 Å². The largest absolute Gasteiger partial charge is 0.337 e. The summed E-state index contributed by atoms with van der Waals surface area (Å²) >= 11 is 3.35. The maximum Gasteiger partial charge on any atom is 0.272 e. The van der Waals surface area contributed by atoms with Crippen molar-refractivity contribution in [1.82, 2.24) is 14.8 Å². The molecule has 0 bridgehead atoms. The van der Waals surface area contributed by atoms with E-state index in [1.54, 1.807) is 12.3 Å². The van der Waals surface area contributed by atoms with Crippen LogP contribution in [0.15, 0.2) is 22.8 Å². The molecule has 1 amide bonds. The van der Waals surface area contributed by atoms with Gasteiger partial charge in [-0.1, -0.05) is 6.42 Å². The minimum absolute atomic E-state index is 0.0691. The van der Waals surface area contributed by atoms with E-state index in [2.05, 4.69) is 25.8 Å². The van der Waals surface area contributed by atoms with E-state index in [9.17, 15) is 4.79 Å². The zero-order chi connectivity index (χ0) is 14.7. The van der Waals surface area contributed by atoms with Crippen LogP contribution in [0.5, 0.6) is 0 Å². The molecule has 21 heavy (non-hydrogen) atoms. The Morgan fingerprint density at radius 2 is 1.81 bits per heavy atom. The van der Waals surface area contributed by atoms with E-state index in [0.29, 0.717) is 11.7 Å². The monoisotopic (exact) mass is 351 g/mol. The quantitative estimate of drug-likeness (QED) is 0.821. The molecule has 1 aromatic heterocycles. The average Bonchev–Trinajstić information content (AvgIpc) is 2.56. The fourth-order valence-corrected chi connectivity index (χ4v) is 3.62. The Kier molecular flexibility index (Phi) is 4.91. The molecule has 4 nitrogen and oxygen atoms in total. The fraction of sp³-hybridized carbons (Fsp3) is 0.625. The summed E-state index contributed by atoms with van der Waals surface area (Å²) < 4.78 is 0.905. The highest BCUT2D eigenvalue weighted by Crippen LogP contribution is 2.21. The SMILES string of the molecule is O=C(c1ccc(Br)cn1)N1CCC(N2CCCCC2)CC1. The lowest BCUT2D eigenvalue weighted by Gasteiger charge is -2.40. The van der Waals surface area contributed by atoms with E-state index in [4.69, 9.17) is 0 Å². The van der Waals surface area contributed by atoms with Gasteiger partial charge < -0.3 is 9.80 Å². The predicted octanol–water partition coefficient (Wildman–Crippen LogP) is 2.93. The Morgan fingerprint density at radius 3 is 2.43 bits per heavy atom. The standard InChI is InChI=1S/C16H22BrN3O/c17-13-4-5-15(18-12-13)16(21)20-10-6-14(7-11-20)19-8-2-1-3-9-19/h4-5,12,14H,1-3,6-11H2. The summed E-state index contributed by atoms with van der Waals surface area (Å²) in [6.45, 7) is 4.20. The molecule has 0 aliphatic carbocycles. The molecule has 0 atom stereocenters. The molecule has 0 spiro atoms. The van der Waals surface area contributed by atoms with Gasteiger partial charge >= 0.3 is 0 Å². The lowest BCUT2D eigenvalue weighted by atomic mass is 9.99. The van der Waals surface area contributed by atoms with E-state index in [-0.39, 0.29) is 5.91 Å². The second kappa shape index (κ2) is 6.88. The predicted molar refractivity (Wildman–Crippen MR) is 86.3 cm³/mol. The van der Waals surface area contributed by atoms with Gasteiger partial charge in [0.2, 0.25) is 0 Å². The van der Waals surface area contributed by atoms with Crippen LogP contribution in [-0.2, 0) is 0 Å². The molecular weight excluding hydrogens is 330 g/mol. The van der Waals surface area contributed by atoms with Gasteiger partial charge in [-0.25, -0.2) is 4.98 Å². The first-order chi connectivity index (χ1) is 10.2. The maximum atomic E-state index is 12.4. The molecule has 5 heteroatoms.